The average molecular weight is 285 g/mol. The van der Waals surface area contributed by atoms with E-state index in [1.807, 2.05) is 0 Å². The number of carbonyl (C=O) groups excluding carboxylic acids is 2. The summed E-state index contributed by atoms with van der Waals surface area (Å²) >= 11 is 0. The summed E-state index contributed by atoms with van der Waals surface area (Å²) in [6.07, 6.45) is 3.22. The molecule has 114 valence electrons. The van der Waals surface area contributed by atoms with Crippen LogP contribution < -0.4 is 16.0 Å². The van der Waals surface area contributed by atoms with Gasteiger partial charge in [0.25, 0.3) is 0 Å². The van der Waals surface area contributed by atoms with Crippen molar-refractivity contribution in [2.75, 3.05) is 13.1 Å². The van der Waals surface area contributed by atoms with E-state index in [-0.39, 0.29) is 18.6 Å². The first-order valence-electron chi connectivity index (χ1n) is 6.93. The maximum absolute atomic E-state index is 11.7. The Morgan fingerprint density at radius 3 is 2.45 bits per heavy atom. The standard InChI is InChI=1S/C13H23N3O4/c1-8-4-3-5-10(9(8)2)16-13(20)15-6-11(17)14-7-12(18)19/h8-10H,3-7H2,1-2H3,(H,14,17)(H,18,19)(H2,15,16,20). The number of carboxylic acids is 1. The molecule has 7 heteroatoms. The highest BCUT2D eigenvalue weighted by molar-refractivity contribution is 5.86. The highest BCUT2D eigenvalue weighted by Gasteiger charge is 2.28. The summed E-state index contributed by atoms with van der Waals surface area (Å²) in [5.74, 6) is -0.649. The minimum Gasteiger partial charge on any atom is -0.480 e. The molecule has 7 nitrogen and oxygen atoms in total. The quantitative estimate of drug-likeness (QED) is 0.583. The Labute approximate surface area is 118 Å². The molecule has 0 heterocycles. The second kappa shape index (κ2) is 7.72. The Hall–Kier alpha value is -1.79. The fraction of sp³-hybridized carbons (Fsp3) is 0.769. The van der Waals surface area contributed by atoms with E-state index in [2.05, 4.69) is 29.8 Å². The second-order valence-corrected chi connectivity index (χ2v) is 5.37. The summed E-state index contributed by atoms with van der Waals surface area (Å²) in [7, 11) is 0. The minimum atomic E-state index is -1.12. The summed E-state index contributed by atoms with van der Waals surface area (Å²) in [6, 6.07) is -0.262. The molecule has 3 atom stereocenters. The average Bonchev–Trinajstić information content (AvgIpc) is 2.39. The van der Waals surface area contributed by atoms with Gasteiger partial charge < -0.3 is 21.1 Å². The van der Waals surface area contributed by atoms with Crippen molar-refractivity contribution in [1.82, 2.24) is 16.0 Å². The molecule has 1 fully saturated rings. The first kappa shape index (κ1) is 16.3. The van der Waals surface area contributed by atoms with Crippen LogP contribution in [-0.2, 0) is 9.59 Å². The van der Waals surface area contributed by atoms with Crippen LogP contribution in [0.4, 0.5) is 4.79 Å². The monoisotopic (exact) mass is 285 g/mol. The minimum absolute atomic E-state index is 0.126. The number of rotatable bonds is 5. The highest BCUT2D eigenvalue weighted by Crippen LogP contribution is 2.29. The number of amides is 3. The van der Waals surface area contributed by atoms with E-state index in [1.165, 1.54) is 6.42 Å². The molecule has 3 unspecified atom stereocenters. The van der Waals surface area contributed by atoms with Gasteiger partial charge in [0.05, 0.1) is 6.54 Å². The van der Waals surface area contributed by atoms with Crippen LogP contribution in [0.25, 0.3) is 0 Å². The Bertz CT molecular complexity index is 373. The Morgan fingerprint density at radius 2 is 1.80 bits per heavy atom. The first-order chi connectivity index (χ1) is 9.40. The first-order valence-corrected chi connectivity index (χ1v) is 6.93. The molecule has 1 rings (SSSR count). The van der Waals surface area contributed by atoms with Gasteiger partial charge in [-0.2, -0.15) is 0 Å². The summed E-state index contributed by atoms with van der Waals surface area (Å²) in [6.45, 7) is 3.62. The van der Waals surface area contributed by atoms with Gasteiger partial charge in [-0.05, 0) is 18.3 Å². The van der Waals surface area contributed by atoms with Gasteiger partial charge in [-0.25, -0.2) is 4.79 Å². The van der Waals surface area contributed by atoms with Crippen LogP contribution in [0.3, 0.4) is 0 Å². The van der Waals surface area contributed by atoms with Crippen molar-refractivity contribution in [2.24, 2.45) is 11.8 Å². The zero-order valence-electron chi connectivity index (χ0n) is 11.9. The highest BCUT2D eigenvalue weighted by atomic mass is 16.4. The van der Waals surface area contributed by atoms with Crippen molar-refractivity contribution < 1.29 is 19.5 Å². The molecule has 1 aliphatic rings. The summed E-state index contributed by atoms with van der Waals surface area (Å²) in [5, 5.41) is 15.9. The zero-order valence-corrected chi connectivity index (χ0v) is 11.9. The lowest BCUT2D eigenvalue weighted by molar-refractivity contribution is -0.137. The van der Waals surface area contributed by atoms with Crippen molar-refractivity contribution in [3.63, 3.8) is 0 Å². The van der Waals surface area contributed by atoms with E-state index in [1.54, 1.807) is 0 Å². The van der Waals surface area contributed by atoms with Crippen molar-refractivity contribution in [2.45, 2.75) is 39.2 Å². The van der Waals surface area contributed by atoms with Crippen LogP contribution in [0.15, 0.2) is 0 Å². The van der Waals surface area contributed by atoms with E-state index < -0.39 is 18.4 Å². The van der Waals surface area contributed by atoms with E-state index in [9.17, 15) is 14.4 Å². The van der Waals surface area contributed by atoms with Crippen LogP contribution in [0.2, 0.25) is 0 Å². The molecule has 20 heavy (non-hydrogen) atoms. The number of nitrogens with one attached hydrogen (secondary N) is 3. The summed E-state index contributed by atoms with van der Waals surface area (Å²) < 4.78 is 0. The van der Waals surface area contributed by atoms with Crippen molar-refractivity contribution in [1.29, 1.82) is 0 Å². The topological polar surface area (TPSA) is 108 Å². The number of hydrogen-bond acceptors (Lipinski definition) is 3. The van der Waals surface area contributed by atoms with Gasteiger partial charge in [0, 0.05) is 6.04 Å². The van der Waals surface area contributed by atoms with Crippen molar-refractivity contribution >= 4 is 17.9 Å². The maximum Gasteiger partial charge on any atom is 0.322 e. The lowest BCUT2D eigenvalue weighted by Gasteiger charge is -2.34. The fourth-order valence-electron chi connectivity index (χ4n) is 2.40. The van der Waals surface area contributed by atoms with E-state index >= 15 is 0 Å². The fourth-order valence-corrected chi connectivity index (χ4v) is 2.40. The van der Waals surface area contributed by atoms with Gasteiger partial charge in [-0.3, -0.25) is 9.59 Å². The van der Waals surface area contributed by atoms with Gasteiger partial charge >= 0.3 is 12.0 Å². The third-order valence-corrected chi connectivity index (χ3v) is 3.87. The lowest BCUT2D eigenvalue weighted by atomic mass is 9.78. The Kier molecular flexibility index (Phi) is 6.27. The van der Waals surface area contributed by atoms with Crippen molar-refractivity contribution in [3.8, 4) is 0 Å². The normalized spacial score (nSPS) is 25.6. The number of carbonyl (C=O) groups is 3. The molecule has 0 aromatic rings. The van der Waals surface area contributed by atoms with Crippen LogP contribution >= 0.6 is 0 Å². The van der Waals surface area contributed by atoms with Gasteiger partial charge in [-0.15, -0.1) is 0 Å². The lowest BCUT2D eigenvalue weighted by Crippen LogP contribution is -2.49. The van der Waals surface area contributed by atoms with E-state index in [0.29, 0.717) is 11.8 Å². The van der Waals surface area contributed by atoms with Crippen molar-refractivity contribution in [3.05, 3.63) is 0 Å². The summed E-state index contributed by atoms with van der Waals surface area (Å²) in [5.41, 5.74) is 0. The predicted octanol–water partition coefficient (Wildman–Crippen LogP) is 0.311. The smallest absolute Gasteiger partial charge is 0.322 e. The van der Waals surface area contributed by atoms with Crippen LogP contribution in [0, 0.1) is 11.8 Å². The van der Waals surface area contributed by atoms with Gasteiger partial charge in [-0.1, -0.05) is 26.7 Å². The molecule has 1 saturated carbocycles. The number of aliphatic carboxylic acids is 1. The largest absolute Gasteiger partial charge is 0.480 e. The van der Waals surface area contributed by atoms with E-state index in [4.69, 9.17) is 5.11 Å². The SMILES string of the molecule is CC1CCCC(NC(=O)NCC(=O)NCC(=O)O)C1C. The second-order valence-electron chi connectivity index (χ2n) is 5.37. The van der Waals surface area contributed by atoms with Gasteiger partial charge in [0.1, 0.15) is 6.54 Å². The molecule has 0 aromatic heterocycles. The molecule has 3 amide bonds. The van der Waals surface area contributed by atoms with E-state index in [0.717, 1.165) is 12.8 Å². The third-order valence-electron chi connectivity index (χ3n) is 3.87. The summed E-state index contributed by atoms with van der Waals surface area (Å²) in [4.78, 5) is 33.2. The molecule has 0 bridgehead atoms. The molecule has 0 radical (unpaired) electrons. The molecule has 4 N–H and O–H groups in total. The van der Waals surface area contributed by atoms with Gasteiger partial charge in [0.15, 0.2) is 0 Å². The third kappa shape index (κ3) is 5.46. The molecule has 0 spiro atoms. The maximum atomic E-state index is 11.7. The Balaban J connectivity index is 2.26. The number of urea groups is 1. The van der Waals surface area contributed by atoms with Crippen LogP contribution in [0.1, 0.15) is 33.1 Å². The zero-order chi connectivity index (χ0) is 15.1. The molecular weight excluding hydrogens is 262 g/mol. The van der Waals surface area contributed by atoms with Gasteiger partial charge in [0.2, 0.25) is 5.91 Å². The molecule has 1 aliphatic carbocycles. The predicted molar refractivity (Wildman–Crippen MR) is 73.1 cm³/mol. The van der Waals surface area contributed by atoms with Crippen LogP contribution in [0.5, 0.6) is 0 Å². The Morgan fingerprint density at radius 1 is 1.10 bits per heavy atom. The number of hydrogen-bond donors (Lipinski definition) is 4. The number of carboxylic acid groups (broad SMARTS) is 1. The molecule has 0 aliphatic heterocycles. The van der Waals surface area contributed by atoms with Crippen LogP contribution in [-0.4, -0.2) is 42.1 Å². The molecular formula is C13H23N3O4. The molecule has 0 saturated heterocycles. The molecule has 0 aromatic carbocycles.